The predicted molar refractivity (Wildman–Crippen MR) is 177 cm³/mol. The first-order valence-electron chi connectivity index (χ1n) is 14.8. The fourth-order valence-corrected chi connectivity index (χ4v) is 24.0. The van der Waals surface area contributed by atoms with E-state index < -0.39 is 27.4 Å². The third kappa shape index (κ3) is 4.59. The van der Waals surface area contributed by atoms with Gasteiger partial charge < -0.3 is 0 Å². The summed E-state index contributed by atoms with van der Waals surface area (Å²) in [6, 6.07) is 29.4. The van der Waals surface area contributed by atoms with Crippen LogP contribution in [0.1, 0.15) is 72.8 Å². The summed E-state index contributed by atoms with van der Waals surface area (Å²) < 4.78 is 1.43. The second-order valence-electron chi connectivity index (χ2n) is 11.9. The summed E-state index contributed by atoms with van der Waals surface area (Å²) in [5, 5.41) is 3.02. The average Bonchev–Trinajstić information content (AvgIpc) is 3.55. The molecule has 0 N–H and O–H groups in total. The molecule has 204 valence electrons. The van der Waals surface area contributed by atoms with Crippen LogP contribution in [0.4, 0.5) is 0 Å². The normalized spacial score (nSPS) is 17.1. The molecular formula is C36H38Cl2SiZr. The standard InChI is InChI=1S/C24H29.C12H9Si.2ClH.Zr/c1-6-17(5)20-14-19-12-13-21(16(3)4)24(23(19)15-20)22-11-9-8-10-18(22)7-2;1-3-7-11-9(5-1)10-6-2-4-8-12(10)13-11;;;/h8-17H,6-7H2,1-5H3;1-7H,13H2;2*1H;/q;;;;+2/p-2. The molecule has 6 rings (SSSR count). The number of rotatable bonds is 7. The van der Waals surface area contributed by atoms with Crippen LogP contribution in [0.5, 0.6) is 0 Å². The molecule has 1 aliphatic carbocycles. The predicted octanol–water partition coefficient (Wildman–Crippen LogP) is 8.41. The van der Waals surface area contributed by atoms with E-state index >= 15 is 0 Å². The van der Waals surface area contributed by atoms with Gasteiger partial charge in [-0.2, -0.15) is 0 Å². The minimum absolute atomic E-state index is 0.112. The van der Waals surface area contributed by atoms with Gasteiger partial charge in [-0.3, -0.25) is 0 Å². The number of aryl methyl sites for hydroxylation is 1. The van der Waals surface area contributed by atoms with E-state index in [-0.39, 0.29) is 3.63 Å². The maximum absolute atomic E-state index is 7.93. The summed E-state index contributed by atoms with van der Waals surface area (Å²) in [6.07, 6.45) is 4.60. The average molecular weight is 661 g/mol. The van der Waals surface area contributed by atoms with Crippen molar-refractivity contribution in [3.05, 3.63) is 107 Å². The Morgan fingerprint density at radius 1 is 0.800 bits per heavy atom. The summed E-state index contributed by atoms with van der Waals surface area (Å²) >= 11 is -4.01. The zero-order valence-corrected chi connectivity index (χ0v) is 29.6. The van der Waals surface area contributed by atoms with Gasteiger partial charge in [-0.05, 0) is 0 Å². The number of benzene rings is 4. The van der Waals surface area contributed by atoms with Gasteiger partial charge in [0.1, 0.15) is 0 Å². The van der Waals surface area contributed by atoms with Gasteiger partial charge in [0.2, 0.25) is 0 Å². The van der Waals surface area contributed by atoms with Crippen LogP contribution in [0, 0.1) is 5.92 Å². The van der Waals surface area contributed by atoms with Gasteiger partial charge in [-0.1, -0.05) is 0 Å². The molecule has 4 aromatic carbocycles. The second-order valence-corrected chi connectivity index (χ2v) is 27.7. The van der Waals surface area contributed by atoms with E-state index in [2.05, 4.69) is 120 Å². The quantitative estimate of drug-likeness (QED) is 0.154. The molecule has 40 heavy (non-hydrogen) atoms. The van der Waals surface area contributed by atoms with Crippen LogP contribution in [0.15, 0.2) is 84.4 Å². The van der Waals surface area contributed by atoms with Gasteiger partial charge in [0, 0.05) is 0 Å². The molecule has 4 aromatic rings. The van der Waals surface area contributed by atoms with Crippen molar-refractivity contribution in [2.24, 2.45) is 5.92 Å². The Balaban J connectivity index is 1.58. The van der Waals surface area contributed by atoms with Crippen LogP contribution >= 0.6 is 17.0 Å². The molecule has 1 aliphatic heterocycles. The van der Waals surface area contributed by atoms with Gasteiger partial charge in [0.25, 0.3) is 0 Å². The molecule has 0 saturated heterocycles. The van der Waals surface area contributed by atoms with Crippen molar-refractivity contribution < 1.29 is 17.9 Å². The summed E-state index contributed by atoms with van der Waals surface area (Å²) in [7, 11) is 15.2. The number of halogens is 2. The summed E-state index contributed by atoms with van der Waals surface area (Å²) in [5.41, 5.74) is 12.5. The molecular weight excluding hydrogens is 623 g/mol. The number of allylic oxidation sites excluding steroid dienone is 1. The van der Waals surface area contributed by atoms with E-state index in [9.17, 15) is 0 Å². The second kappa shape index (κ2) is 11.2. The van der Waals surface area contributed by atoms with Crippen LogP contribution < -0.4 is 13.6 Å². The van der Waals surface area contributed by atoms with Crippen molar-refractivity contribution in [3.8, 4) is 22.3 Å². The molecule has 4 heteroatoms. The van der Waals surface area contributed by atoms with Gasteiger partial charge in [0.05, 0.1) is 0 Å². The van der Waals surface area contributed by atoms with Gasteiger partial charge in [-0.25, -0.2) is 0 Å². The SMILES string of the molecule is CCc1ccccc1-c1c(C(C)C)ccc2c1C=C(C(C)CC)[CH]2[Zr]([Cl])([Cl])[c]1cccc2c1[SiH2]c1ccccc1-2. The fourth-order valence-electron chi connectivity index (χ4n) is 7.04. The molecule has 2 aliphatic rings. The van der Waals surface area contributed by atoms with Crippen LogP contribution in [0.3, 0.4) is 0 Å². The summed E-state index contributed by atoms with van der Waals surface area (Å²) in [6.45, 7) is 11.5. The van der Waals surface area contributed by atoms with Crippen molar-refractivity contribution >= 4 is 46.3 Å². The van der Waals surface area contributed by atoms with E-state index in [1.165, 1.54) is 63.7 Å². The van der Waals surface area contributed by atoms with Crippen molar-refractivity contribution in [1.29, 1.82) is 0 Å². The first-order valence-corrected chi connectivity index (χ1v) is 25.2. The first kappa shape index (κ1) is 28.4. The topological polar surface area (TPSA) is 0 Å². The molecule has 2 atom stereocenters. The number of hydrogen-bond acceptors (Lipinski definition) is 0. The van der Waals surface area contributed by atoms with Crippen molar-refractivity contribution in [2.45, 2.75) is 57.0 Å². The summed E-state index contributed by atoms with van der Waals surface area (Å²) in [5.74, 6) is 0.848. The van der Waals surface area contributed by atoms with E-state index in [1.54, 1.807) is 0 Å². The van der Waals surface area contributed by atoms with Gasteiger partial charge >= 0.3 is 256 Å². The van der Waals surface area contributed by atoms with E-state index in [0.29, 0.717) is 11.8 Å². The molecule has 0 nitrogen and oxygen atoms in total. The monoisotopic (exact) mass is 658 g/mol. The van der Waals surface area contributed by atoms with E-state index in [1.807, 2.05) is 0 Å². The minimum atomic E-state index is -4.01. The van der Waals surface area contributed by atoms with E-state index in [4.69, 9.17) is 17.0 Å². The van der Waals surface area contributed by atoms with Gasteiger partial charge in [-0.15, -0.1) is 0 Å². The zero-order valence-electron chi connectivity index (χ0n) is 24.2. The third-order valence-corrected chi connectivity index (χ3v) is 23.6. The number of hydrogen-bond donors (Lipinski definition) is 0. The molecule has 0 aromatic heterocycles. The van der Waals surface area contributed by atoms with Crippen LogP contribution in [0.25, 0.3) is 28.3 Å². The molecule has 0 fully saturated rings. The van der Waals surface area contributed by atoms with Crippen molar-refractivity contribution in [3.63, 3.8) is 0 Å². The Labute approximate surface area is 254 Å². The maximum atomic E-state index is 7.93. The Morgan fingerprint density at radius 3 is 2.23 bits per heavy atom. The Kier molecular flexibility index (Phi) is 7.94. The molecule has 2 unspecified atom stereocenters. The van der Waals surface area contributed by atoms with Crippen LogP contribution in [-0.4, -0.2) is 9.52 Å². The molecule has 1 heterocycles. The Morgan fingerprint density at radius 2 is 1.50 bits per heavy atom. The van der Waals surface area contributed by atoms with Gasteiger partial charge in [0.15, 0.2) is 0 Å². The summed E-state index contributed by atoms with van der Waals surface area (Å²) in [4.78, 5) is 0. The first-order chi connectivity index (χ1) is 19.3. The third-order valence-electron chi connectivity index (χ3n) is 9.31. The van der Waals surface area contributed by atoms with Crippen LogP contribution in [-0.2, 0) is 24.3 Å². The van der Waals surface area contributed by atoms with Crippen LogP contribution in [0.2, 0.25) is 0 Å². The molecule has 0 radical (unpaired) electrons. The Bertz CT molecular complexity index is 1630. The zero-order chi connectivity index (χ0) is 28.2. The molecule has 0 amide bonds. The molecule has 0 spiro atoms. The van der Waals surface area contributed by atoms with E-state index in [0.717, 1.165) is 12.8 Å². The molecule has 0 saturated carbocycles. The fraction of sp³-hybridized carbons (Fsp3) is 0.278. The Hall–Kier alpha value is -1.70. The number of fused-ring (bicyclic) bond motifs is 4. The van der Waals surface area contributed by atoms with Crippen molar-refractivity contribution in [2.75, 3.05) is 0 Å². The molecule has 0 bridgehead atoms. The van der Waals surface area contributed by atoms with Crippen molar-refractivity contribution in [1.82, 2.24) is 0 Å².